The molecule has 0 atom stereocenters. The Morgan fingerprint density at radius 2 is 1.69 bits per heavy atom. The van der Waals surface area contributed by atoms with Crippen LogP contribution in [0.25, 0.3) is 11.3 Å². The smallest absolute Gasteiger partial charge is 0.227 e. The highest BCUT2D eigenvalue weighted by Gasteiger charge is 2.16. The lowest BCUT2D eigenvalue weighted by molar-refractivity contribution is 0.305. The molecular weight excluding hydrogens is 479 g/mol. The van der Waals surface area contributed by atoms with E-state index in [0.717, 1.165) is 42.3 Å². The molecule has 0 aliphatic carbocycles. The van der Waals surface area contributed by atoms with Gasteiger partial charge in [0.1, 0.15) is 29.7 Å². The Balaban J connectivity index is 1.64. The first-order valence-corrected chi connectivity index (χ1v) is 12.5. The third-order valence-electron chi connectivity index (χ3n) is 4.82. The van der Waals surface area contributed by atoms with Gasteiger partial charge < -0.3 is 10.1 Å². The second-order valence-corrected chi connectivity index (χ2v) is 9.99. The molecule has 0 unspecified atom stereocenters. The minimum absolute atomic E-state index is 0.0735. The Labute approximate surface area is 200 Å². The van der Waals surface area contributed by atoms with Crippen molar-refractivity contribution in [2.24, 2.45) is 0 Å². The quantitative estimate of drug-likeness (QED) is 0.348. The molecular formula is C25H20F3N3O3S. The SMILES string of the molecule is CS(=O)(=O)Cc1cc(F)cc(Nc2ncc(F)c(-c3ccc(F)cc3OCc3ccccc3)n2)c1. The number of nitrogens with one attached hydrogen (secondary N) is 1. The van der Waals surface area contributed by atoms with Crippen LogP contribution in [0.4, 0.5) is 24.8 Å². The zero-order valence-corrected chi connectivity index (χ0v) is 19.3. The summed E-state index contributed by atoms with van der Waals surface area (Å²) in [6.45, 7) is 0.126. The van der Waals surface area contributed by atoms with Gasteiger partial charge in [-0.05, 0) is 41.5 Å². The largest absolute Gasteiger partial charge is 0.488 e. The Hall–Kier alpha value is -3.92. The first-order chi connectivity index (χ1) is 16.7. The summed E-state index contributed by atoms with van der Waals surface area (Å²) in [4.78, 5) is 8.06. The lowest BCUT2D eigenvalue weighted by atomic mass is 10.1. The fraction of sp³-hybridized carbons (Fsp3) is 0.120. The van der Waals surface area contributed by atoms with Gasteiger partial charge >= 0.3 is 0 Å². The highest BCUT2D eigenvalue weighted by Crippen LogP contribution is 2.32. The molecule has 1 heterocycles. The monoisotopic (exact) mass is 499 g/mol. The van der Waals surface area contributed by atoms with Crippen LogP contribution in [0.15, 0.2) is 72.9 Å². The summed E-state index contributed by atoms with van der Waals surface area (Å²) in [5.41, 5.74) is 1.29. The van der Waals surface area contributed by atoms with Gasteiger partial charge in [-0.2, -0.15) is 0 Å². The predicted octanol–water partition coefficient (Wildman–Crippen LogP) is 5.43. The predicted molar refractivity (Wildman–Crippen MR) is 126 cm³/mol. The summed E-state index contributed by atoms with van der Waals surface area (Å²) in [6.07, 6.45) is 1.96. The minimum atomic E-state index is -3.39. The average Bonchev–Trinajstić information content (AvgIpc) is 2.78. The van der Waals surface area contributed by atoms with Crippen molar-refractivity contribution < 1.29 is 26.3 Å². The second-order valence-electron chi connectivity index (χ2n) is 7.85. The normalized spacial score (nSPS) is 11.3. The number of benzene rings is 3. The third-order valence-corrected chi connectivity index (χ3v) is 5.68. The van der Waals surface area contributed by atoms with E-state index in [2.05, 4.69) is 15.3 Å². The van der Waals surface area contributed by atoms with Gasteiger partial charge in [-0.3, -0.25) is 0 Å². The second kappa shape index (κ2) is 10.1. The number of anilines is 2. The minimum Gasteiger partial charge on any atom is -0.488 e. The topological polar surface area (TPSA) is 81.2 Å². The Morgan fingerprint density at radius 3 is 2.43 bits per heavy atom. The Kier molecular flexibility index (Phi) is 7.02. The summed E-state index contributed by atoms with van der Waals surface area (Å²) < 4.78 is 71.6. The van der Waals surface area contributed by atoms with Crippen LogP contribution in [0.1, 0.15) is 11.1 Å². The Bertz CT molecular complexity index is 1470. The van der Waals surface area contributed by atoms with Crippen LogP contribution in [-0.2, 0) is 22.2 Å². The highest BCUT2D eigenvalue weighted by atomic mass is 32.2. The fourth-order valence-electron chi connectivity index (χ4n) is 3.40. The van der Waals surface area contributed by atoms with Gasteiger partial charge in [-0.15, -0.1) is 0 Å². The summed E-state index contributed by atoms with van der Waals surface area (Å²) in [5, 5.41) is 2.76. The number of nitrogens with zero attached hydrogens (tertiary/aromatic N) is 2. The van der Waals surface area contributed by atoms with E-state index in [1.165, 1.54) is 12.1 Å². The average molecular weight is 500 g/mol. The number of hydrogen-bond donors (Lipinski definition) is 1. The van der Waals surface area contributed by atoms with Crippen molar-refractivity contribution in [2.45, 2.75) is 12.4 Å². The lowest BCUT2D eigenvalue weighted by Gasteiger charge is -2.13. The standard InChI is InChI=1S/C25H20F3N3O3S/c1-35(32,33)15-17-9-19(27)11-20(10-17)30-25-29-13-22(28)24(31-25)21-8-7-18(26)12-23(21)34-14-16-5-3-2-4-6-16/h2-13H,14-15H2,1H3,(H,29,30,31). The molecule has 0 spiro atoms. The zero-order valence-electron chi connectivity index (χ0n) is 18.5. The van der Waals surface area contributed by atoms with Gasteiger partial charge in [0.15, 0.2) is 15.7 Å². The molecule has 35 heavy (non-hydrogen) atoms. The number of aromatic nitrogens is 2. The van der Waals surface area contributed by atoms with Gasteiger partial charge in [0.2, 0.25) is 5.95 Å². The lowest BCUT2D eigenvalue weighted by Crippen LogP contribution is -2.04. The summed E-state index contributed by atoms with van der Waals surface area (Å²) in [5.74, 6) is -2.35. The first-order valence-electron chi connectivity index (χ1n) is 10.4. The fourth-order valence-corrected chi connectivity index (χ4v) is 4.17. The van der Waals surface area contributed by atoms with Crippen molar-refractivity contribution in [2.75, 3.05) is 11.6 Å². The van der Waals surface area contributed by atoms with E-state index in [-0.39, 0.29) is 46.6 Å². The van der Waals surface area contributed by atoms with E-state index < -0.39 is 27.3 Å². The maximum absolute atomic E-state index is 14.7. The molecule has 6 nitrogen and oxygen atoms in total. The van der Waals surface area contributed by atoms with Crippen LogP contribution in [0.3, 0.4) is 0 Å². The van der Waals surface area contributed by atoms with Gasteiger partial charge in [-0.25, -0.2) is 31.6 Å². The van der Waals surface area contributed by atoms with Gasteiger partial charge in [-0.1, -0.05) is 30.3 Å². The molecule has 1 N–H and O–H groups in total. The van der Waals surface area contributed by atoms with Crippen molar-refractivity contribution >= 4 is 21.5 Å². The molecule has 0 aliphatic rings. The van der Waals surface area contributed by atoms with E-state index in [9.17, 15) is 21.6 Å². The van der Waals surface area contributed by atoms with E-state index in [4.69, 9.17) is 4.74 Å². The van der Waals surface area contributed by atoms with Gasteiger partial charge in [0.05, 0.1) is 11.9 Å². The molecule has 0 aliphatic heterocycles. The van der Waals surface area contributed by atoms with Crippen LogP contribution in [-0.4, -0.2) is 24.6 Å². The summed E-state index contributed by atoms with van der Waals surface area (Å²) in [7, 11) is -3.39. The molecule has 180 valence electrons. The van der Waals surface area contributed by atoms with Crippen molar-refractivity contribution in [1.29, 1.82) is 0 Å². The Morgan fingerprint density at radius 1 is 0.914 bits per heavy atom. The van der Waals surface area contributed by atoms with Crippen LogP contribution in [0.2, 0.25) is 0 Å². The number of hydrogen-bond acceptors (Lipinski definition) is 6. The van der Waals surface area contributed by atoms with Crippen LogP contribution in [0, 0.1) is 17.5 Å². The zero-order chi connectivity index (χ0) is 25.0. The molecule has 4 aromatic rings. The van der Waals surface area contributed by atoms with E-state index >= 15 is 0 Å². The van der Waals surface area contributed by atoms with Gasteiger partial charge in [0, 0.05) is 23.6 Å². The van der Waals surface area contributed by atoms with Crippen molar-refractivity contribution in [3.8, 4) is 17.0 Å². The molecule has 4 rings (SSSR count). The van der Waals surface area contributed by atoms with Crippen molar-refractivity contribution in [3.05, 3.63) is 102 Å². The van der Waals surface area contributed by atoms with Crippen LogP contribution < -0.4 is 10.1 Å². The van der Waals surface area contributed by atoms with Crippen LogP contribution in [0.5, 0.6) is 5.75 Å². The number of sulfone groups is 1. The molecule has 0 saturated carbocycles. The van der Waals surface area contributed by atoms with Gasteiger partial charge in [0.25, 0.3) is 0 Å². The molecule has 0 fully saturated rings. The molecule has 0 bridgehead atoms. The van der Waals surface area contributed by atoms with Crippen molar-refractivity contribution in [1.82, 2.24) is 9.97 Å². The van der Waals surface area contributed by atoms with E-state index in [0.29, 0.717) is 0 Å². The highest BCUT2D eigenvalue weighted by molar-refractivity contribution is 7.89. The number of rotatable bonds is 8. The summed E-state index contributed by atoms with van der Waals surface area (Å²) >= 11 is 0. The van der Waals surface area contributed by atoms with E-state index in [1.807, 2.05) is 30.3 Å². The summed E-state index contributed by atoms with van der Waals surface area (Å²) in [6, 6.07) is 16.5. The molecule has 0 amide bonds. The van der Waals surface area contributed by atoms with Crippen LogP contribution >= 0.6 is 0 Å². The third kappa shape index (κ3) is 6.57. The van der Waals surface area contributed by atoms with Crippen molar-refractivity contribution in [3.63, 3.8) is 0 Å². The number of halogens is 3. The molecule has 0 saturated heterocycles. The number of ether oxygens (including phenoxy) is 1. The first kappa shape index (κ1) is 24.2. The maximum Gasteiger partial charge on any atom is 0.227 e. The maximum atomic E-state index is 14.7. The molecule has 0 radical (unpaired) electrons. The molecule has 1 aromatic heterocycles. The van der Waals surface area contributed by atoms with E-state index in [1.54, 1.807) is 0 Å². The molecule has 3 aromatic carbocycles. The molecule has 10 heteroatoms.